The minimum absolute atomic E-state index is 0.0735. The molecule has 0 saturated heterocycles. The summed E-state index contributed by atoms with van der Waals surface area (Å²) in [5.74, 6) is 0.510. The van der Waals surface area contributed by atoms with Crippen molar-refractivity contribution in [3.8, 4) is 0 Å². The van der Waals surface area contributed by atoms with Crippen LogP contribution in [0.25, 0.3) is 0 Å². The number of nitrogens with zero attached hydrogens (tertiary/aromatic N) is 1. The average Bonchev–Trinajstić information content (AvgIpc) is 2.73. The van der Waals surface area contributed by atoms with Gasteiger partial charge >= 0.3 is 0 Å². The Bertz CT molecular complexity index is 984. The molecule has 162 valence electrons. The van der Waals surface area contributed by atoms with E-state index < -0.39 is 10.0 Å². The lowest BCUT2D eigenvalue weighted by molar-refractivity contribution is 0.0943. The standard InChI is InChI=1S/C23H29BrN2O3S/c1-17-14-21(12-13-22(17)24)26(30(2,28)29)16-19-8-10-20(11-9-19)23(27)25-15-18-6-4-3-5-7-18/h8-14,18H,3-7,15-16H2,1-2H3,(H,25,27). The third kappa shape index (κ3) is 6.08. The first-order chi connectivity index (χ1) is 14.2. The Morgan fingerprint density at radius 1 is 1.10 bits per heavy atom. The lowest BCUT2D eigenvalue weighted by Crippen LogP contribution is -2.30. The van der Waals surface area contributed by atoms with Gasteiger partial charge in [0, 0.05) is 16.6 Å². The molecule has 0 radical (unpaired) electrons. The first-order valence-corrected chi connectivity index (χ1v) is 13.0. The van der Waals surface area contributed by atoms with Crippen molar-refractivity contribution in [2.75, 3.05) is 17.1 Å². The second-order valence-corrected chi connectivity index (χ2v) is 10.9. The van der Waals surface area contributed by atoms with Crippen molar-refractivity contribution in [3.05, 3.63) is 63.6 Å². The van der Waals surface area contributed by atoms with Crippen LogP contribution in [-0.2, 0) is 16.6 Å². The van der Waals surface area contributed by atoms with Crippen molar-refractivity contribution in [2.24, 2.45) is 5.92 Å². The highest BCUT2D eigenvalue weighted by atomic mass is 79.9. The highest BCUT2D eigenvalue weighted by Gasteiger charge is 2.19. The first kappa shape index (κ1) is 22.8. The topological polar surface area (TPSA) is 66.5 Å². The number of nitrogens with one attached hydrogen (secondary N) is 1. The number of halogens is 1. The predicted octanol–water partition coefficient (Wildman–Crippen LogP) is 5.03. The third-order valence-electron chi connectivity index (χ3n) is 5.65. The maximum absolute atomic E-state index is 12.4. The van der Waals surface area contributed by atoms with Crippen LogP contribution in [0.1, 0.15) is 53.6 Å². The molecule has 1 aliphatic carbocycles. The Morgan fingerprint density at radius 3 is 2.37 bits per heavy atom. The smallest absolute Gasteiger partial charge is 0.251 e. The normalized spacial score (nSPS) is 15.0. The number of carbonyl (C=O) groups excluding carboxylic acids is 1. The number of carbonyl (C=O) groups is 1. The molecule has 0 aromatic heterocycles. The SMILES string of the molecule is Cc1cc(N(Cc2ccc(C(=O)NCC3CCCCC3)cc2)S(C)(=O)=O)ccc1Br. The molecule has 0 heterocycles. The molecule has 0 spiro atoms. The van der Waals surface area contributed by atoms with Crippen molar-refractivity contribution in [2.45, 2.75) is 45.6 Å². The van der Waals surface area contributed by atoms with Gasteiger partial charge < -0.3 is 5.32 Å². The summed E-state index contributed by atoms with van der Waals surface area (Å²) in [5.41, 5.74) is 3.00. The van der Waals surface area contributed by atoms with Gasteiger partial charge in [-0.2, -0.15) is 0 Å². The molecule has 0 atom stereocenters. The van der Waals surface area contributed by atoms with Crippen LogP contribution in [0.3, 0.4) is 0 Å². The van der Waals surface area contributed by atoms with Crippen molar-refractivity contribution < 1.29 is 13.2 Å². The van der Waals surface area contributed by atoms with Crippen molar-refractivity contribution >= 4 is 37.5 Å². The molecule has 0 aliphatic heterocycles. The summed E-state index contributed by atoms with van der Waals surface area (Å²) in [4.78, 5) is 12.4. The number of hydrogen-bond acceptors (Lipinski definition) is 3. The zero-order valence-electron chi connectivity index (χ0n) is 17.5. The molecular formula is C23H29BrN2O3S. The van der Waals surface area contributed by atoms with E-state index in [9.17, 15) is 13.2 Å². The minimum Gasteiger partial charge on any atom is -0.352 e. The van der Waals surface area contributed by atoms with Gasteiger partial charge in [-0.3, -0.25) is 9.10 Å². The van der Waals surface area contributed by atoms with E-state index in [0.717, 1.165) is 22.1 Å². The fourth-order valence-electron chi connectivity index (χ4n) is 3.84. The van der Waals surface area contributed by atoms with Crippen molar-refractivity contribution in [3.63, 3.8) is 0 Å². The number of sulfonamides is 1. The summed E-state index contributed by atoms with van der Waals surface area (Å²) in [6.07, 6.45) is 7.40. The maximum Gasteiger partial charge on any atom is 0.251 e. The Kier molecular flexibility index (Phi) is 7.58. The second kappa shape index (κ2) is 9.96. The number of anilines is 1. The van der Waals surface area contributed by atoms with Crippen molar-refractivity contribution in [1.29, 1.82) is 0 Å². The van der Waals surface area contributed by atoms with Gasteiger partial charge in [-0.25, -0.2) is 8.42 Å². The maximum atomic E-state index is 12.4. The Morgan fingerprint density at radius 2 is 1.77 bits per heavy atom. The van der Waals surface area contributed by atoms with Gasteiger partial charge in [0.1, 0.15) is 0 Å². The molecule has 1 N–H and O–H groups in total. The molecule has 30 heavy (non-hydrogen) atoms. The summed E-state index contributed by atoms with van der Waals surface area (Å²) < 4.78 is 27.1. The fraction of sp³-hybridized carbons (Fsp3) is 0.435. The van der Waals surface area contributed by atoms with Crippen LogP contribution in [0.15, 0.2) is 46.9 Å². The molecule has 1 fully saturated rings. The Hall–Kier alpha value is -1.86. The molecule has 2 aromatic rings. The molecule has 1 amide bonds. The van der Waals surface area contributed by atoms with Gasteiger partial charge in [-0.1, -0.05) is 47.3 Å². The lowest BCUT2D eigenvalue weighted by atomic mass is 9.89. The van der Waals surface area contributed by atoms with E-state index in [-0.39, 0.29) is 12.5 Å². The second-order valence-electron chi connectivity index (χ2n) is 8.11. The van der Waals surface area contributed by atoms with Crippen LogP contribution in [0.2, 0.25) is 0 Å². The van der Waals surface area contributed by atoms with Crippen LogP contribution < -0.4 is 9.62 Å². The highest BCUT2D eigenvalue weighted by molar-refractivity contribution is 9.10. The molecule has 0 bridgehead atoms. The zero-order valence-corrected chi connectivity index (χ0v) is 19.9. The molecule has 2 aromatic carbocycles. The van der Waals surface area contributed by atoms with E-state index in [1.807, 2.05) is 31.2 Å². The molecule has 3 rings (SSSR count). The molecule has 1 aliphatic rings. The summed E-state index contributed by atoms with van der Waals surface area (Å²) in [7, 11) is -3.45. The van der Waals surface area contributed by atoms with Crippen LogP contribution in [-0.4, -0.2) is 27.1 Å². The van der Waals surface area contributed by atoms with Crippen molar-refractivity contribution in [1.82, 2.24) is 5.32 Å². The summed E-state index contributed by atoms with van der Waals surface area (Å²) in [6.45, 7) is 2.87. The van der Waals surface area contributed by atoms with E-state index >= 15 is 0 Å². The number of hydrogen-bond donors (Lipinski definition) is 1. The summed E-state index contributed by atoms with van der Waals surface area (Å²) in [5, 5.41) is 3.04. The molecule has 1 saturated carbocycles. The minimum atomic E-state index is -3.45. The van der Waals surface area contributed by atoms with Gasteiger partial charge in [0.2, 0.25) is 10.0 Å². The Balaban J connectivity index is 1.67. The average molecular weight is 493 g/mol. The van der Waals surface area contributed by atoms with E-state index in [0.29, 0.717) is 17.2 Å². The molecular weight excluding hydrogens is 464 g/mol. The van der Waals surface area contributed by atoms with Crippen LogP contribution >= 0.6 is 15.9 Å². The van der Waals surface area contributed by atoms with E-state index in [4.69, 9.17) is 0 Å². The number of benzene rings is 2. The largest absolute Gasteiger partial charge is 0.352 e. The molecule has 5 nitrogen and oxygen atoms in total. The van der Waals surface area contributed by atoms with Gasteiger partial charge in [0.15, 0.2) is 0 Å². The third-order valence-corrected chi connectivity index (χ3v) is 7.68. The van der Waals surface area contributed by atoms with Gasteiger partial charge in [0.05, 0.1) is 18.5 Å². The zero-order chi connectivity index (χ0) is 21.7. The van der Waals surface area contributed by atoms with Crippen LogP contribution in [0, 0.1) is 12.8 Å². The number of aryl methyl sites for hydroxylation is 1. The van der Waals surface area contributed by atoms with Crippen LogP contribution in [0.5, 0.6) is 0 Å². The molecule has 0 unspecified atom stereocenters. The number of rotatable bonds is 7. The quantitative estimate of drug-likeness (QED) is 0.588. The van der Waals surface area contributed by atoms with Crippen LogP contribution in [0.4, 0.5) is 5.69 Å². The summed E-state index contributed by atoms with van der Waals surface area (Å²) >= 11 is 3.45. The predicted molar refractivity (Wildman–Crippen MR) is 125 cm³/mol. The van der Waals surface area contributed by atoms with E-state index in [1.54, 1.807) is 18.2 Å². The lowest BCUT2D eigenvalue weighted by Gasteiger charge is -2.23. The Labute approximate surface area is 188 Å². The monoisotopic (exact) mass is 492 g/mol. The van der Waals surface area contributed by atoms with Gasteiger partial charge in [0.25, 0.3) is 5.91 Å². The van der Waals surface area contributed by atoms with Gasteiger partial charge in [-0.05, 0) is 67.1 Å². The number of amides is 1. The molecule has 7 heteroatoms. The van der Waals surface area contributed by atoms with Gasteiger partial charge in [-0.15, -0.1) is 0 Å². The first-order valence-electron chi connectivity index (χ1n) is 10.3. The summed E-state index contributed by atoms with van der Waals surface area (Å²) in [6, 6.07) is 12.6. The van der Waals surface area contributed by atoms with E-state index in [1.165, 1.54) is 42.7 Å². The fourth-order valence-corrected chi connectivity index (χ4v) is 4.97. The van der Waals surface area contributed by atoms with E-state index in [2.05, 4.69) is 21.2 Å². The highest BCUT2D eigenvalue weighted by Crippen LogP contribution is 2.26.